The Hall–Kier alpha value is -3.14. The van der Waals surface area contributed by atoms with Gasteiger partial charge in [0.25, 0.3) is 5.56 Å². The number of methoxy groups -OCH3 is 2. The Morgan fingerprint density at radius 3 is 2.80 bits per heavy atom. The number of fused-ring (bicyclic) bond motifs is 1. The third-order valence-electron chi connectivity index (χ3n) is 5.26. The first-order chi connectivity index (χ1) is 14.6. The fourth-order valence-corrected chi connectivity index (χ4v) is 4.54. The summed E-state index contributed by atoms with van der Waals surface area (Å²) in [5.74, 6) is 1.40. The molecule has 2 N–H and O–H groups in total. The highest BCUT2D eigenvalue weighted by Crippen LogP contribution is 2.29. The van der Waals surface area contributed by atoms with Crippen molar-refractivity contribution in [2.75, 3.05) is 32.2 Å². The van der Waals surface area contributed by atoms with Gasteiger partial charge in [0, 0.05) is 31.1 Å². The molecule has 4 rings (SSSR count). The van der Waals surface area contributed by atoms with Gasteiger partial charge >= 0.3 is 0 Å². The van der Waals surface area contributed by atoms with E-state index in [0.717, 1.165) is 29.3 Å². The Labute approximate surface area is 177 Å². The number of piperidine rings is 1. The Morgan fingerprint density at radius 1 is 1.30 bits per heavy atom. The number of nitrogens with one attached hydrogen (secondary N) is 2. The largest absolute Gasteiger partial charge is 0.497 e. The highest BCUT2D eigenvalue weighted by atomic mass is 32.1. The number of anilines is 1. The molecule has 1 saturated heterocycles. The molecule has 0 aliphatic carbocycles. The van der Waals surface area contributed by atoms with E-state index in [1.807, 2.05) is 18.2 Å². The van der Waals surface area contributed by atoms with Crippen molar-refractivity contribution in [3.05, 3.63) is 40.4 Å². The SMILES string of the molecule is COc1ccc(OC)c(CNC(=O)C2CCN(c3nc4nc[nH]c(=O)c4s3)CC2)c1. The number of thiazole rings is 1. The average molecular weight is 430 g/mol. The van der Waals surface area contributed by atoms with Crippen molar-refractivity contribution in [2.24, 2.45) is 5.92 Å². The lowest BCUT2D eigenvalue weighted by molar-refractivity contribution is -0.125. The number of amides is 1. The zero-order chi connectivity index (χ0) is 21.1. The molecule has 3 heterocycles. The van der Waals surface area contributed by atoms with Crippen LogP contribution in [0.3, 0.4) is 0 Å². The lowest BCUT2D eigenvalue weighted by atomic mass is 9.96. The van der Waals surface area contributed by atoms with Crippen LogP contribution in [0.5, 0.6) is 11.5 Å². The molecule has 1 aliphatic rings. The molecule has 0 radical (unpaired) electrons. The third-order valence-corrected chi connectivity index (χ3v) is 6.37. The molecular formula is C20H23N5O4S. The van der Waals surface area contributed by atoms with Gasteiger partial charge in [-0.15, -0.1) is 0 Å². The molecular weight excluding hydrogens is 406 g/mol. The number of aromatic nitrogens is 3. The van der Waals surface area contributed by atoms with Crippen molar-refractivity contribution >= 4 is 32.7 Å². The second-order valence-electron chi connectivity index (χ2n) is 7.04. The van der Waals surface area contributed by atoms with E-state index < -0.39 is 0 Å². The van der Waals surface area contributed by atoms with Gasteiger partial charge in [0.1, 0.15) is 16.2 Å². The average Bonchev–Trinajstić information content (AvgIpc) is 3.23. The van der Waals surface area contributed by atoms with Gasteiger partial charge in [0.05, 0.1) is 20.5 Å². The van der Waals surface area contributed by atoms with Crippen LogP contribution in [-0.4, -0.2) is 48.2 Å². The fourth-order valence-electron chi connectivity index (χ4n) is 3.57. The normalized spacial score (nSPS) is 14.7. The maximum absolute atomic E-state index is 12.7. The predicted molar refractivity (Wildman–Crippen MR) is 114 cm³/mol. The number of rotatable bonds is 6. The summed E-state index contributed by atoms with van der Waals surface area (Å²) in [5.41, 5.74) is 1.16. The summed E-state index contributed by atoms with van der Waals surface area (Å²) >= 11 is 1.34. The maximum Gasteiger partial charge on any atom is 0.270 e. The van der Waals surface area contributed by atoms with Crippen LogP contribution in [0, 0.1) is 5.92 Å². The summed E-state index contributed by atoms with van der Waals surface area (Å²) in [6.07, 6.45) is 2.81. The van der Waals surface area contributed by atoms with E-state index in [9.17, 15) is 9.59 Å². The monoisotopic (exact) mass is 429 g/mol. The van der Waals surface area contributed by atoms with Gasteiger partial charge in [-0.25, -0.2) is 4.98 Å². The molecule has 30 heavy (non-hydrogen) atoms. The van der Waals surface area contributed by atoms with Crippen molar-refractivity contribution in [3.63, 3.8) is 0 Å². The highest BCUT2D eigenvalue weighted by Gasteiger charge is 2.27. The van der Waals surface area contributed by atoms with E-state index in [0.29, 0.717) is 35.7 Å². The number of hydrogen-bond acceptors (Lipinski definition) is 8. The van der Waals surface area contributed by atoms with Crippen molar-refractivity contribution < 1.29 is 14.3 Å². The molecule has 1 aliphatic heterocycles. The van der Waals surface area contributed by atoms with Crippen LogP contribution >= 0.6 is 11.3 Å². The van der Waals surface area contributed by atoms with Gasteiger partial charge in [0.2, 0.25) is 5.91 Å². The van der Waals surface area contributed by atoms with Crippen molar-refractivity contribution in [2.45, 2.75) is 19.4 Å². The number of ether oxygens (including phenoxy) is 2. The number of benzene rings is 1. The molecule has 9 nitrogen and oxygen atoms in total. The molecule has 0 spiro atoms. The van der Waals surface area contributed by atoms with Gasteiger partial charge in [0.15, 0.2) is 10.8 Å². The summed E-state index contributed by atoms with van der Waals surface area (Å²) in [5, 5.41) is 3.79. The molecule has 158 valence electrons. The minimum absolute atomic E-state index is 0.0296. The number of aromatic amines is 1. The van der Waals surface area contributed by atoms with Crippen LogP contribution in [0.4, 0.5) is 5.13 Å². The second-order valence-corrected chi connectivity index (χ2v) is 8.02. The quantitative estimate of drug-likeness (QED) is 0.616. The minimum atomic E-state index is -0.175. The molecule has 0 saturated carbocycles. The van der Waals surface area contributed by atoms with E-state index in [1.54, 1.807) is 14.2 Å². The van der Waals surface area contributed by atoms with E-state index in [1.165, 1.54) is 17.7 Å². The summed E-state index contributed by atoms with van der Waals surface area (Å²) in [6, 6.07) is 5.52. The van der Waals surface area contributed by atoms with Crippen LogP contribution in [0.15, 0.2) is 29.3 Å². The third kappa shape index (κ3) is 4.09. The van der Waals surface area contributed by atoms with E-state index in [-0.39, 0.29) is 17.4 Å². The summed E-state index contributed by atoms with van der Waals surface area (Å²) < 4.78 is 11.2. The van der Waals surface area contributed by atoms with Crippen LogP contribution in [0.1, 0.15) is 18.4 Å². The number of nitrogens with zero attached hydrogens (tertiary/aromatic N) is 3. The van der Waals surface area contributed by atoms with Crippen LogP contribution < -0.4 is 25.2 Å². The minimum Gasteiger partial charge on any atom is -0.497 e. The highest BCUT2D eigenvalue weighted by molar-refractivity contribution is 7.22. The molecule has 0 unspecified atom stereocenters. The Bertz CT molecular complexity index is 1100. The number of H-pyrrole nitrogens is 1. The molecule has 2 aromatic heterocycles. The topological polar surface area (TPSA) is 109 Å². The van der Waals surface area contributed by atoms with Gasteiger partial charge in [-0.2, -0.15) is 4.98 Å². The van der Waals surface area contributed by atoms with Gasteiger partial charge < -0.3 is 24.7 Å². The first kappa shape index (κ1) is 20.1. The zero-order valence-electron chi connectivity index (χ0n) is 16.8. The summed E-state index contributed by atoms with van der Waals surface area (Å²) in [7, 11) is 3.21. The van der Waals surface area contributed by atoms with E-state index in [4.69, 9.17) is 9.47 Å². The standard InChI is InChI=1S/C20H23N5O4S/c1-28-14-3-4-15(29-2)13(9-14)10-21-18(26)12-5-7-25(8-6-12)20-24-17-16(30-20)19(27)23-11-22-17/h3-4,9,11-12H,5-8,10H2,1-2H3,(H,21,26)(H,22,23,27). The predicted octanol–water partition coefficient (Wildman–Crippen LogP) is 1.93. The zero-order valence-corrected chi connectivity index (χ0v) is 17.6. The lowest BCUT2D eigenvalue weighted by Gasteiger charge is -2.31. The number of carbonyl (C=O) groups excluding carboxylic acids is 1. The molecule has 1 fully saturated rings. The second kappa shape index (κ2) is 8.70. The molecule has 0 atom stereocenters. The molecule has 1 amide bonds. The van der Waals surface area contributed by atoms with Crippen molar-refractivity contribution in [1.82, 2.24) is 20.3 Å². The van der Waals surface area contributed by atoms with Gasteiger partial charge in [-0.05, 0) is 31.0 Å². The van der Waals surface area contributed by atoms with E-state index >= 15 is 0 Å². The van der Waals surface area contributed by atoms with Gasteiger partial charge in [-0.1, -0.05) is 11.3 Å². The first-order valence-electron chi connectivity index (χ1n) is 9.67. The maximum atomic E-state index is 12.7. The van der Waals surface area contributed by atoms with Crippen LogP contribution in [-0.2, 0) is 11.3 Å². The van der Waals surface area contributed by atoms with Crippen molar-refractivity contribution in [1.29, 1.82) is 0 Å². The smallest absolute Gasteiger partial charge is 0.270 e. The Kier molecular flexibility index (Phi) is 5.84. The molecule has 10 heteroatoms. The molecule has 3 aromatic rings. The summed E-state index contributed by atoms with van der Waals surface area (Å²) in [4.78, 5) is 37.8. The number of hydrogen-bond donors (Lipinski definition) is 2. The van der Waals surface area contributed by atoms with Crippen LogP contribution in [0.25, 0.3) is 10.3 Å². The Morgan fingerprint density at radius 2 is 2.10 bits per heavy atom. The fraction of sp³-hybridized carbons (Fsp3) is 0.400. The van der Waals surface area contributed by atoms with Gasteiger partial charge in [-0.3, -0.25) is 9.59 Å². The lowest BCUT2D eigenvalue weighted by Crippen LogP contribution is -2.40. The first-order valence-corrected chi connectivity index (χ1v) is 10.5. The van der Waals surface area contributed by atoms with E-state index in [2.05, 4.69) is 25.2 Å². The summed E-state index contributed by atoms with van der Waals surface area (Å²) in [6.45, 7) is 1.79. The number of carbonyl (C=O) groups is 1. The Balaban J connectivity index is 1.35. The van der Waals surface area contributed by atoms with Crippen molar-refractivity contribution in [3.8, 4) is 11.5 Å². The van der Waals surface area contributed by atoms with Crippen LogP contribution in [0.2, 0.25) is 0 Å². The molecule has 0 bridgehead atoms. The molecule has 1 aromatic carbocycles.